The van der Waals surface area contributed by atoms with Crippen LogP contribution in [0, 0.1) is 5.92 Å². The predicted molar refractivity (Wildman–Crippen MR) is 62.1 cm³/mol. The molecule has 1 fully saturated rings. The minimum Gasteiger partial charge on any atom is -0.379 e. The van der Waals surface area contributed by atoms with Gasteiger partial charge in [-0.05, 0) is 12.3 Å². The van der Waals surface area contributed by atoms with E-state index in [1.807, 2.05) is 20.9 Å². The normalized spacial score (nSPS) is 22.3. The molecule has 1 aliphatic heterocycles. The molecule has 0 aromatic heterocycles. The number of likely N-dealkylation sites (N-methyl/N-ethyl adjacent to an activating group) is 1. The molecule has 0 aliphatic carbocycles. The van der Waals surface area contributed by atoms with Crippen molar-refractivity contribution in [2.24, 2.45) is 11.7 Å². The highest BCUT2D eigenvalue weighted by atomic mass is 35.5. The fraction of sp³-hybridized carbons (Fsp3) is 0.900. The highest BCUT2D eigenvalue weighted by Crippen LogP contribution is 2.13. The van der Waals surface area contributed by atoms with Crippen LogP contribution in [0.4, 0.5) is 0 Å². The van der Waals surface area contributed by atoms with E-state index in [1.54, 1.807) is 4.90 Å². The van der Waals surface area contributed by atoms with Crippen LogP contribution in [0.2, 0.25) is 0 Å². The van der Waals surface area contributed by atoms with Crippen molar-refractivity contribution in [3.63, 3.8) is 0 Å². The van der Waals surface area contributed by atoms with Crippen molar-refractivity contribution in [1.82, 2.24) is 4.90 Å². The van der Waals surface area contributed by atoms with Gasteiger partial charge in [-0.25, -0.2) is 0 Å². The average Bonchev–Trinajstić information content (AvgIpc) is 2.67. The minimum atomic E-state index is -0.388. The Morgan fingerprint density at radius 2 is 2.13 bits per heavy atom. The number of carbonyl (C=O) groups is 1. The van der Waals surface area contributed by atoms with Crippen molar-refractivity contribution in [3.8, 4) is 0 Å². The molecule has 1 aliphatic rings. The second-order valence-corrected chi connectivity index (χ2v) is 4.24. The van der Waals surface area contributed by atoms with Crippen LogP contribution >= 0.6 is 12.4 Å². The molecule has 90 valence electrons. The average molecular weight is 237 g/mol. The van der Waals surface area contributed by atoms with E-state index in [4.69, 9.17) is 10.5 Å². The first-order chi connectivity index (χ1) is 6.54. The fourth-order valence-corrected chi connectivity index (χ4v) is 1.53. The fourth-order valence-electron chi connectivity index (χ4n) is 1.53. The Balaban J connectivity index is 0.00000196. The Kier molecular flexibility index (Phi) is 6.17. The van der Waals surface area contributed by atoms with Gasteiger partial charge in [0.1, 0.15) is 0 Å². The summed E-state index contributed by atoms with van der Waals surface area (Å²) in [6.07, 6.45) is 0.924. The van der Waals surface area contributed by atoms with Crippen molar-refractivity contribution >= 4 is 18.3 Å². The molecule has 1 rings (SSSR count). The SMILES string of the molecule is CC(C)[C@@H](N)C(=O)N(C)C1CCOC1.Cl. The molecule has 0 spiro atoms. The zero-order valence-electron chi connectivity index (χ0n) is 9.60. The van der Waals surface area contributed by atoms with Crippen molar-refractivity contribution in [1.29, 1.82) is 0 Å². The Labute approximate surface area is 97.5 Å². The zero-order valence-corrected chi connectivity index (χ0v) is 10.4. The summed E-state index contributed by atoms with van der Waals surface area (Å²) in [5, 5.41) is 0. The smallest absolute Gasteiger partial charge is 0.239 e. The van der Waals surface area contributed by atoms with E-state index in [0.717, 1.165) is 13.0 Å². The molecule has 1 saturated heterocycles. The third-order valence-corrected chi connectivity index (χ3v) is 2.80. The van der Waals surface area contributed by atoms with Gasteiger partial charge in [0.2, 0.25) is 5.91 Å². The number of carbonyl (C=O) groups excluding carboxylic acids is 1. The van der Waals surface area contributed by atoms with Crippen molar-refractivity contribution in [2.45, 2.75) is 32.4 Å². The molecule has 0 aromatic carbocycles. The standard InChI is InChI=1S/C10H20N2O2.ClH/c1-7(2)9(11)10(13)12(3)8-4-5-14-6-8;/h7-9H,4-6,11H2,1-3H3;1H/t8?,9-;/m1./s1. The molecule has 2 atom stereocenters. The van der Waals surface area contributed by atoms with Crippen LogP contribution in [0.5, 0.6) is 0 Å². The Morgan fingerprint density at radius 1 is 1.53 bits per heavy atom. The summed E-state index contributed by atoms with van der Waals surface area (Å²) >= 11 is 0. The third kappa shape index (κ3) is 3.63. The third-order valence-electron chi connectivity index (χ3n) is 2.80. The van der Waals surface area contributed by atoms with Gasteiger partial charge in [0, 0.05) is 13.7 Å². The first-order valence-corrected chi connectivity index (χ1v) is 5.14. The Bertz CT molecular complexity index is 206. The van der Waals surface area contributed by atoms with Gasteiger partial charge in [-0.1, -0.05) is 13.8 Å². The highest BCUT2D eigenvalue weighted by molar-refractivity contribution is 5.85. The van der Waals surface area contributed by atoms with Crippen molar-refractivity contribution in [3.05, 3.63) is 0 Å². The summed E-state index contributed by atoms with van der Waals surface area (Å²) < 4.78 is 5.23. The summed E-state index contributed by atoms with van der Waals surface area (Å²) in [6.45, 7) is 5.31. The van der Waals surface area contributed by atoms with Crippen LogP contribution in [0.25, 0.3) is 0 Å². The summed E-state index contributed by atoms with van der Waals surface area (Å²) in [7, 11) is 1.81. The molecule has 0 radical (unpaired) electrons. The predicted octanol–water partition coefficient (Wildman–Crippen LogP) is 0.639. The molecule has 4 nitrogen and oxygen atoms in total. The highest BCUT2D eigenvalue weighted by Gasteiger charge is 2.28. The summed E-state index contributed by atoms with van der Waals surface area (Å²) in [4.78, 5) is 13.6. The number of amides is 1. The Morgan fingerprint density at radius 3 is 2.53 bits per heavy atom. The molecule has 15 heavy (non-hydrogen) atoms. The van der Waals surface area contributed by atoms with Gasteiger partial charge >= 0.3 is 0 Å². The molecular formula is C10H21ClN2O2. The number of hydrogen-bond acceptors (Lipinski definition) is 3. The molecule has 1 amide bonds. The lowest BCUT2D eigenvalue weighted by Crippen LogP contribution is -2.48. The van der Waals surface area contributed by atoms with Gasteiger partial charge in [0.25, 0.3) is 0 Å². The number of hydrogen-bond donors (Lipinski definition) is 1. The first kappa shape index (κ1) is 14.7. The molecule has 0 saturated carbocycles. The van der Waals surface area contributed by atoms with E-state index >= 15 is 0 Å². The summed E-state index contributed by atoms with van der Waals surface area (Å²) in [5.74, 6) is 0.211. The van der Waals surface area contributed by atoms with Crippen LogP contribution in [-0.2, 0) is 9.53 Å². The van der Waals surface area contributed by atoms with Crippen LogP contribution in [0.15, 0.2) is 0 Å². The second-order valence-electron chi connectivity index (χ2n) is 4.24. The van der Waals surface area contributed by atoms with E-state index in [2.05, 4.69) is 0 Å². The quantitative estimate of drug-likeness (QED) is 0.783. The number of rotatable bonds is 3. The van der Waals surface area contributed by atoms with E-state index in [1.165, 1.54) is 0 Å². The maximum Gasteiger partial charge on any atom is 0.239 e. The van der Waals surface area contributed by atoms with E-state index in [9.17, 15) is 4.79 Å². The monoisotopic (exact) mass is 236 g/mol. The molecule has 5 heteroatoms. The molecule has 1 heterocycles. The molecular weight excluding hydrogens is 216 g/mol. The number of ether oxygens (including phenoxy) is 1. The van der Waals surface area contributed by atoms with Gasteiger partial charge < -0.3 is 15.4 Å². The van der Waals surface area contributed by atoms with Gasteiger partial charge in [-0.3, -0.25) is 4.79 Å². The molecule has 1 unspecified atom stereocenters. The molecule has 0 bridgehead atoms. The van der Waals surface area contributed by atoms with Crippen LogP contribution < -0.4 is 5.73 Å². The van der Waals surface area contributed by atoms with Gasteiger partial charge in [-0.2, -0.15) is 0 Å². The van der Waals surface area contributed by atoms with E-state index < -0.39 is 0 Å². The maximum absolute atomic E-state index is 11.8. The summed E-state index contributed by atoms with van der Waals surface area (Å²) in [5.41, 5.74) is 5.80. The maximum atomic E-state index is 11.8. The zero-order chi connectivity index (χ0) is 10.7. The number of halogens is 1. The Hall–Kier alpha value is -0.320. The summed E-state index contributed by atoms with van der Waals surface area (Å²) in [6, 6.07) is -0.173. The number of nitrogens with zero attached hydrogens (tertiary/aromatic N) is 1. The van der Waals surface area contributed by atoms with Gasteiger partial charge in [0.05, 0.1) is 18.7 Å². The topological polar surface area (TPSA) is 55.6 Å². The van der Waals surface area contributed by atoms with Crippen molar-refractivity contribution in [2.75, 3.05) is 20.3 Å². The van der Waals surface area contributed by atoms with Crippen LogP contribution in [0.1, 0.15) is 20.3 Å². The number of nitrogens with two attached hydrogens (primary N) is 1. The van der Waals surface area contributed by atoms with Gasteiger partial charge in [0.15, 0.2) is 0 Å². The van der Waals surface area contributed by atoms with Crippen LogP contribution in [-0.4, -0.2) is 43.2 Å². The lowest BCUT2D eigenvalue weighted by molar-refractivity contribution is -0.134. The molecule has 2 N–H and O–H groups in total. The van der Waals surface area contributed by atoms with Gasteiger partial charge in [-0.15, -0.1) is 12.4 Å². The lowest BCUT2D eigenvalue weighted by Gasteiger charge is -2.27. The largest absolute Gasteiger partial charge is 0.379 e. The molecule has 0 aromatic rings. The first-order valence-electron chi connectivity index (χ1n) is 5.14. The van der Waals surface area contributed by atoms with Crippen LogP contribution in [0.3, 0.4) is 0 Å². The van der Waals surface area contributed by atoms with E-state index in [0.29, 0.717) is 6.61 Å². The van der Waals surface area contributed by atoms with E-state index in [-0.39, 0.29) is 36.3 Å². The second kappa shape index (κ2) is 6.30. The lowest BCUT2D eigenvalue weighted by atomic mass is 10.0. The minimum absolute atomic E-state index is 0. The van der Waals surface area contributed by atoms with Crippen molar-refractivity contribution < 1.29 is 9.53 Å².